The zero-order chi connectivity index (χ0) is 11.4. The normalized spacial score (nSPS) is 10.1. The summed E-state index contributed by atoms with van der Waals surface area (Å²) >= 11 is 0. The van der Waals surface area contributed by atoms with Gasteiger partial charge in [0.1, 0.15) is 0 Å². The lowest BCUT2D eigenvalue weighted by molar-refractivity contribution is 0.245. The van der Waals surface area contributed by atoms with E-state index in [9.17, 15) is 4.79 Å². The van der Waals surface area contributed by atoms with Crippen molar-refractivity contribution in [2.45, 2.75) is 19.9 Å². The number of anilines is 2. The minimum Gasteiger partial charge on any atom is -0.399 e. The van der Waals surface area contributed by atoms with Crippen LogP contribution in [0.15, 0.2) is 24.3 Å². The molecule has 0 radical (unpaired) electrons. The molecule has 2 amide bonds. The molecule has 4 heteroatoms. The smallest absolute Gasteiger partial charge is 0.321 e. The third-order valence-electron chi connectivity index (χ3n) is 1.97. The number of carbonyl (C=O) groups excluding carboxylic acids is 1. The van der Waals surface area contributed by atoms with Crippen LogP contribution in [0.2, 0.25) is 0 Å². The molecule has 0 saturated heterocycles. The summed E-state index contributed by atoms with van der Waals surface area (Å²) in [5.41, 5.74) is 7.07. The molecule has 3 N–H and O–H groups in total. The van der Waals surface area contributed by atoms with Gasteiger partial charge in [-0.1, -0.05) is 6.07 Å². The van der Waals surface area contributed by atoms with Gasteiger partial charge in [0, 0.05) is 24.5 Å². The Labute approximate surface area is 90.1 Å². The quantitative estimate of drug-likeness (QED) is 0.727. The van der Waals surface area contributed by atoms with Crippen LogP contribution in [0.5, 0.6) is 0 Å². The number of amides is 2. The Morgan fingerprint density at radius 1 is 1.47 bits per heavy atom. The topological polar surface area (TPSA) is 58.4 Å². The molecule has 0 saturated carbocycles. The Hall–Kier alpha value is -1.71. The van der Waals surface area contributed by atoms with E-state index in [1.54, 1.807) is 19.2 Å². The average Bonchev–Trinajstić information content (AvgIpc) is 2.15. The van der Waals surface area contributed by atoms with Gasteiger partial charge in [-0.25, -0.2) is 4.79 Å². The number of nitrogens with two attached hydrogens (primary N) is 1. The lowest BCUT2D eigenvalue weighted by Crippen LogP contribution is -2.40. The van der Waals surface area contributed by atoms with Gasteiger partial charge < -0.3 is 11.1 Å². The largest absolute Gasteiger partial charge is 0.399 e. The van der Waals surface area contributed by atoms with Gasteiger partial charge in [-0.05, 0) is 32.0 Å². The van der Waals surface area contributed by atoms with Gasteiger partial charge >= 0.3 is 6.03 Å². The van der Waals surface area contributed by atoms with Crippen molar-refractivity contribution in [3.63, 3.8) is 0 Å². The summed E-state index contributed by atoms with van der Waals surface area (Å²) in [5.74, 6) is 0. The summed E-state index contributed by atoms with van der Waals surface area (Å²) in [4.78, 5) is 13.2. The Morgan fingerprint density at radius 2 is 2.13 bits per heavy atom. The fourth-order valence-electron chi connectivity index (χ4n) is 1.19. The van der Waals surface area contributed by atoms with Gasteiger partial charge in [0.05, 0.1) is 0 Å². The van der Waals surface area contributed by atoms with Crippen LogP contribution in [0.4, 0.5) is 16.2 Å². The zero-order valence-corrected chi connectivity index (χ0v) is 9.32. The Kier molecular flexibility index (Phi) is 3.55. The van der Waals surface area contributed by atoms with Crippen LogP contribution in [0, 0.1) is 0 Å². The first-order valence-corrected chi connectivity index (χ1v) is 4.90. The molecule has 0 aliphatic heterocycles. The summed E-state index contributed by atoms with van der Waals surface area (Å²) in [5, 5.41) is 2.81. The molecular weight excluding hydrogens is 190 g/mol. The van der Waals surface area contributed by atoms with Gasteiger partial charge in [0.15, 0.2) is 0 Å². The van der Waals surface area contributed by atoms with Gasteiger partial charge in [-0.15, -0.1) is 0 Å². The molecule has 1 rings (SSSR count). The molecule has 15 heavy (non-hydrogen) atoms. The van der Waals surface area contributed by atoms with Gasteiger partial charge in [-0.2, -0.15) is 0 Å². The van der Waals surface area contributed by atoms with E-state index < -0.39 is 0 Å². The molecule has 0 heterocycles. The first-order valence-electron chi connectivity index (χ1n) is 4.90. The molecule has 1 aromatic rings. The highest BCUT2D eigenvalue weighted by Crippen LogP contribution is 2.15. The fraction of sp³-hybridized carbons (Fsp3) is 0.364. The van der Waals surface area contributed by atoms with Crippen LogP contribution in [0.25, 0.3) is 0 Å². The molecule has 4 nitrogen and oxygen atoms in total. The standard InChI is InChI=1S/C11H17N3O/c1-8(2)13-11(15)14(3)10-6-4-5-9(12)7-10/h4-8H,12H2,1-3H3,(H,13,15). The number of benzene rings is 1. The minimum atomic E-state index is -0.129. The molecule has 82 valence electrons. The van der Waals surface area contributed by atoms with Crippen molar-refractivity contribution in [1.82, 2.24) is 5.32 Å². The highest BCUT2D eigenvalue weighted by Gasteiger charge is 2.11. The van der Waals surface area contributed by atoms with Gasteiger partial charge in [0.25, 0.3) is 0 Å². The molecule has 0 spiro atoms. The number of nitrogen functional groups attached to an aromatic ring is 1. The molecule has 0 bridgehead atoms. The lowest BCUT2D eigenvalue weighted by atomic mass is 10.2. The number of rotatable bonds is 2. The molecule has 0 unspecified atom stereocenters. The van der Waals surface area contributed by atoms with E-state index in [-0.39, 0.29) is 12.1 Å². The summed E-state index contributed by atoms with van der Waals surface area (Å²) in [6.07, 6.45) is 0. The molecule has 0 fully saturated rings. The van der Waals surface area contributed by atoms with Crippen molar-refractivity contribution in [1.29, 1.82) is 0 Å². The average molecular weight is 207 g/mol. The first kappa shape index (κ1) is 11.4. The van der Waals surface area contributed by atoms with Crippen LogP contribution in [0.3, 0.4) is 0 Å². The Bertz CT molecular complexity index is 349. The van der Waals surface area contributed by atoms with E-state index in [2.05, 4.69) is 5.32 Å². The van der Waals surface area contributed by atoms with E-state index in [4.69, 9.17) is 5.73 Å². The van der Waals surface area contributed by atoms with E-state index in [1.165, 1.54) is 4.90 Å². The van der Waals surface area contributed by atoms with Crippen molar-refractivity contribution in [2.24, 2.45) is 0 Å². The molecular formula is C11H17N3O. The molecule has 0 aliphatic carbocycles. The summed E-state index contributed by atoms with van der Waals surface area (Å²) < 4.78 is 0. The van der Waals surface area contributed by atoms with Crippen molar-refractivity contribution < 1.29 is 4.79 Å². The summed E-state index contributed by atoms with van der Waals surface area (Å²) in [6, 6.07) is 7.22. The molecule has 0 atom stereocenters. The Morgan fingerprint density at radius 3 is 2.67 bits per heavy atom. The van der Waals surface area contributed by atoms with E-state index in [0.29, 0.717) is 5.69 Å². The number of nitrogens with zero attached hydrogens (tertiary/aromatic N) is 1. The number of nitrogens with one attached hydrogen (secondary N) is 1. The molecule has 1 aromatic carbocycles. The minimum absolute atomic E-state index is 0.126. The van der Waals surface area contributed by atoms with Crippen molar-refractivity contribution >= 4 is 17.4 Å². The molecule has 0 aliphatic rings. The maximum atomic E-state index is 11.6. The second kappa shape index (κ2) is 4.68. The Balaban J connectivity index is 2.76. The lowest BCUT2D eigenvalue weighted by Gasteiger charge is -2.19. The third-order valence-corrected chi connectivity index (χ3v) is 1.97. The van der Waals surface area contributed by atoms with Crippen LogP contribution >= 0.6 is 0 Å². The predicted molar refractivity (Wildman–Crippen MR) is 62.9 cm³/mol. The fourth-order valence-corrected chi connectivity index (χ4v) is 1.19. The zero-order valence-electron chi connectivity index (χ0n) is 9.32. The maximum Gasteiger partial charge on any atom is 0.321 e. The number of hydrogen-bond acceptors (Lipinski definition) is 2. The van der Waals surface area contributed by atoms with Crippen LogP contribution in [0.1, 0.15) is 13.8 Å². The highest BCUT2D eigenvalue weighted by atomic mass is 16.2. The van der Waals surface area contributed by atoms with Crippen LogP contribution in [-0.4, -0.2) is 19.1 Å². The summed E-state index contributed by atoms with van der Waals surface area (Å²) in [7, 11) is 1.71. The van der Waals surface area contributed by atoms with Crippen LogP contribution < -0.4 is 16.0 Å². The third kappa shape index (κ3) is 3.16. The second-order valence-electron chi connectivity index (χ2n) is 3.76. The maximum absolute atomic E-state index is 11.6. The van der Waals surface area contributed by atoms with E-state index >= 15 is 0 Å². The van der Waals surface area contributed by atoms with Crippen LogP contribution in [-0.2, 0) is 0 Å². The first-order chi connectivity index (χ1) is 7.00. The van der Waals surface area contributed by atoms with Crippen molar-refractivity contribution in [3.05, 3.63) is 24.3 Å². The van der Waals surface area contributed by atoms with Gasteiger partial charge in [0.2, 0.25) is 0 Å². The number of urea groups is 1. The second-order valence-corrected chi connectivity index (χ2v) is 3.76. The van der Waals surface area contributed by atoms with E-state index in [0.717, 1.165) is 5.69 Å². The number of hydrogen-bond donors (Lipinski definition) is 2. The predicted octanol–water partition coefficient (Wildman–Crippen LogP) is 1.82. The highest BCUT2D eigenvalue weighted by molar-refractivity contribution is 5.91. The summed E-state index contributed by atoms with van der Waals surface area (Å²) in [6.45, 7) is 3.84. The SMILES string of the molecule is CC(C)NC(=O)N(C)c1cccc(N)c1. The van der Waals surface area contributed by atoms with E-state index in [1.807, 2.05) is 26.0 Å². The number of carbonyl (C=O) groups is 1. The monoisotopic (exact) mass is 207 g/mol. The van der Waals surface area contributed by atoms with Crippen molar-refractivity contribution in [3.8, 4) is 0 Å². The van der Waals surface area contributed by atoms with Gasteiger partial charge in [-0.3, -0.25) is 4.90 Å². The van der Waals surface area contributed by atoms with Crippen molar-refractivity contribution in [2.75, 3.05) is 17.7 Å². The molecule has 0 aromatic heterocycles.